The second-order valence-electron chi connectivity index (χ2n) is 5.00. The zero-order chi connectivity index (χ0) is 14.7. The molecule has 0 unspecified atom stereocenters. The Hall–Kier alpha value is -1.85. The van der Waals surface area contributed by atoms with E-state index in [1.54, 1.807) is 12.3 Å². The van der Waals surface area contributed by atoms with Crippen molar-refractivity contribution in [1.82, 2.24) is 14.8 Å². The van der Waals surface area contributed by atoms with Gasteiger partial charge in [-0.15, -0.1) is 0 Å². The lowest BCUT2D eigenvalue weighted by atomic mass is 10.2. The van der Waals surface area contributed by atoms with E-state index in [2.05, 4.69) is 9.88 Å². The highest BCUT2D eigenvalue weighted by molar-refractivity contribution is 6.32. The maximum Gasteiger partial charge on any atom is 0.258 e. The third-order valence-electron chi connectivity index (χ3n) is 3.62. The first-order valence-electron chi connectivity index (χ1n) is 6.88. The van der Waals surface area contributed by atoms with Crippen LogP contribution in [0, 0.1) is 0 Å². The van der Waals surface area contributed by atoms with Crippen LogP contribution in [0.25, 0.3) is 0 Å². The Morgan fingerprint density at radius 3 is 2.67 bits per heavy atom. The molecule has 6 heteroatoms. The molecule has 1 fully saturated rings. The minimum absolute atomic E-state index is 0.0637. The molecule has 0 spiro atoms. The van der Waals surface area contributed by atoms with E-state index in [0.29, 0.717) is 18.7 Å². The summed E-state index contributed by atoms with van der Waals surface area (Å²) in [4.78, 5) is 20.7. The second-order valence-corrected chi connectivity index (χ2v) is 5.34. The van der Waals surface area contributed by atoms with E-state index in [-0.39, 0.29) is 11.1 Å². The molecular formula is C15H16ClN3O2. The van der Waals surface area contributed by atoms with Crippen molar-refractivity contribution in [2.75, 3.05) is 26.2 Å². The molecule has 0 aromatic carbocycles. The first-order valence-corrected chi connectivity index (χ1v) is 7.26. The summed E-state index contributed by atoms with van der Waals surface area (Å²) in [7, 11) is 0. The van der Waals surface area contributed by atoms with Crippen molar-refractivity contribution >= 4 is 17.5 Å². The number of rotatable bonds is 3. The van der Waals surface area contributed by atoms with E-state index < -0.39 is 0 Å². The van der Waals surface area contributed by atoms with Gasteiger partial charge in [-0.05, 0) is 29.8 Å². The highest BCUT2D eigenvalue weighted by Crippen LogP contribution is 2.19. The lowest BCUT2D eigenvalue weighted by molar-refractivity contribution is 0.0626. The van der Waals surface area contributed by atoms with E-state index in [9.17, 15) is 4.79 Å². The van der Waals surface area contributed by atoms with Gasteiger partial charge in [-0.1, -0.05) is 6.07 Å². The van der Waals surface area contributed by atoms with E-state index in [0.717, 1.165) is 25.3 Å². The van der Waals surface area contributed by atoms with Crippen LogP contribution in [0.2, 0.25) is 5.22 Å². The van der Waals surface area contributed by atoms with Crippen LogP contribution in [0.5, 0.6) is 0 Å². The summed E-state index contributed by atoms with van der Waals surface area (Å²) < 4.78 is 4.98. The largest absolute Gasteiger partial charge is 0.452 e. The highest BCUT2D eigenvalue weighted by atomic mass is 35.5. The van der Waals surface area contributed by atoms with Crippen LogP contribution in [-0.4, -0.2) is 46.9 Å². The average molecular weight is 306 g/mol. The lowest BCUT2D eigenvalue weighted by Crippen LogP contribution is -2.48. The van der Waals surface area contributed by atoms with Gasteiger partial charge < -0.3 is 9.32 Å². The summed E-state index contributed by atoms with van der Waals surface area (Å²) >= 11 is 5.86. The SMILES string of the molecule is O=C(c1ccoc1Cl)N1CCN(Cc2ccccn2)CC1. The van der Waals surface area contributed by atoms with Crippen molar-refractivity contribution in [3.05, 3.63) is 53.2 Å². The van der Waals surface area contributed by atoms with Crippen LogP contribution in [0.1, 0.15) is 16.1 Å². The predicted octanol–water partition coefficient (Wildman–Crippen LogP) is 2.29. The number of aromatic nitrogens is 1. The molecule has 1 aliphatic heterocycles. The summed E-state index contributed by atoms with van der Waals surface area (Å²) in [6.07, 6.45) is 3.24. The Morgan fingerprint density at radius 2 is 2.05 bits per heavy atom. The molecule has 1 aliphatic rings. The molecule has 1 amide bonds. The number of carbonyl (C=O) groups excluding carboxylic acids is 1. The molecule has 2 aromatic rings. The first-order chi connectivity index (χ1) is 10.2. The van der Waals surface area contributed by atoms with E-state index in [4.69, 9.17) is 16.0 Å². The monoisotopic (exact) mass is 305 g/mol. The smallest absolute Gasteiger partial charge is 0.258 e. The number of carbonyl (C=O) groups is 1. The molecule has 0 radical (unpaired) electrons. The fourth-order valence-electron chi connectivity index (χ4n) is 2.45. The van der Waals surface area contributed by atoms with Gasteiger partial charge in [0.1, 0.15) is 0 Å². The quantitative estimate of drug-likeness (QED) is 0.873. The summed E-state index contributed by atoms with van der Waals surface area (Å²) in [6.45, 7) is 3.85. The summed E-state index contributed by atoms with van der Waals surface area (Å²) in [5, 5.41) is 0.163. The van der Waals surface area contributed by atoms with Crippen molar-refractivity contribution in [3.8, 4) is 0 Å². The molecule has 1 saturated heterocycles. The normalized spacial score (nSPS) is 16.1. The number of furan rings is 1. The fourth-order valence-corrected chi connectivity index (χ4v) is 2.64. The van der Waals surface area contributed by atoms with Crippen LogP contribution in [-0.2, 0) is 6.54 Å². The summed E-state index contributed by atoms with van der Waals surface area (Å²) in [5.74, 6) is -0.0637. The van der Waals surface area contributed by atoms with Crippen molar-refractivity contribution in [3.63, 3.8) is 0 Å². The number of pyridine rings is 1. The van der Waals surface area contributed by atoms with Crippen LogP contribution >= 0.6 is 11.6 Å². The molecule has 0 saturated carbocycles. The Bertz CT molecular complexity index is 606. The number of amides is 1. The van der Waals surface area contributed by atoms with E-state index >= 15 is 0 Å². The maximum atomic E-state index is 12.3. The number of nitrogens with zero attached hydrogens (tertiary/aromatic N) is 3. The fraction of sp³-hybridized carbons (Fsp3) is 0.333. The molecule has 110 valence electrons. The second kappa shape index (κ2) is 6.28. The lowest BCUT2D eigenvalue weighted by Gasteiger charge is -2.34. The maximum absolute atomic E-state index is 12.3. The molecule has 0 atom stereocenters. The molecule has 3 rings (SSSR count). The summed E-state index contributed by atoms with van der Waals surface area (Å²) in [6, 6.07) is 7.53. The molecule has 2 aromatic heterocycles. The molecule has 5 nitrogen and oxygen atoms in total. The average Bonchev–Trinajstić information content (AvgIpc) is 2.94. The first kappa shape index (κ1) is 14.1. The van der Waals surface area contributed by atoms with Crippen molar-refractivity contribution < 1.29 is 9.21 Å². The van der Waals surface area contributed by atoms with Gasteiger partial charge in [0, 0.05) is 38.9 Å². The molecule has 0 bridgehead atoms. The topological polar surface area (TPSA) is 49.6 Å². The van der Waals surface area contributed by atoms with Gasteiger partial charge in [-0.2, -0.15) is 0 Å². The number of hydrogen-bond acceptors (Lipinski definition) is 4. The number of halogens is 1. The number of piperazine rings is 1. The zero-order valence-corrected chi connectivity index (χ0v) is 12.3. The molecular weight excluding hydrogens is 290 g/mol. The summed E-state index contributed by atoms with van der Waals surface area (Å²) in [5.41, 5.74) is 1.49. The standard InChI is InChI=1S/C15H16ClN3O2/c16-14-13(4-10-21-14)15(20)19-8-6-18(7-9-19)11-12-3-1-2-5-17-12/h1-5,10H,6-9,11H2. The van der Waals surface area contributed by atoms with E-state index in [1.165, 1.54) is 6.26 Å². The third-order valence-corrected chi connectivity index (χ3v) is 3.91. The minimum Gasteiger partial charge on any atom is -0.452 e. The van der Waals surface area contributed by atoms with Crippen LogP contribution < -0.4 is 0 Å². The van der Waals surface area contributed by atoms with Crippen LogP contribution in [0.3, 0.4) is 0 Å². The highest BCUT2D eigenvalue weighted by Gasteiger charge is 2.24. The van der Waals surface area contributed by atoms with Gasteiger partial charge in [-0.3, -0.25) is 14.7 Å². The Kier molecular flexibility index (Phi) is 4.22. The van der Waals surface area contributed by atoms with Gasteiger partial charge in [0.2, 0.25) is 5.22 Å². The third kappa shape index (κ3) is 3.25. The number of hydrogen-bond donors (Lipinski definition) is 0. The van der Waals surface area contributed by atoms with Crippen molar-refractivity contribution in [2.24, 2.45) is 0 Å². The zero-order valence-electron chi connectivity index (χ0n) is 11.5. The molecule has 0 N–H and O–H groups in total. The van der Waals surface area contributed by atoms with Gasteiger partial charge in [-0.25, -0.2) is 0 Å². The van der Waals surface area contributed by atoms with Crippen LogP contribution in [0.15, 0.2) is 41.1 Å². The van der Waals surface area contributed by atoms with Crippen molar-refractivity contribution in [2.45, 2.75) is 6.54 Å². The Morgan fingerprint density at radius 1 is 1.24 bits per heavy atom. The van der Waals surface area contributed by atoms with Gasteiger partial charge in [0.05, 0.1) is 17.5 Å². The Balaban J connectivity index is 1.56. The minimum atomic E-state index is -0.0637. The van der Waals surface area contributed by atoms with Gasteiger partial charge >= 0.3 is 0 Å². The molecule has 21 heavy (non-hydrogen) atoms. The van der Waals surface area contributed by atoms with Gasteiger partial charge in [0.15, 0.2) is 0 Å². The van der Waals surface area contributed by atoms with Crippen molar-refractivity contribution in [1.29, 1.82) is 0 Å². The van der Waals surface area contributed by atoms with Gasteiger partial charge in [0.25, 0.3) is 5.91 Å². The molecule has 0 aliphatic carbocycles. The Labute approximate surface area is 128 Å². The van der Waals surface area contributed by atoms with Crippen LogP contribution in [0.4, 0.5) is 0 Å². The predicted molar refractivity (Wildman–Crippen MR) is 79.1 cm³/mol. The van der Waals surface area contributed by atoms with E-state index in [1.807, 2.05) is 23.1 Å². The molecule has 3 heterocycles.